The molecule has 0 aromatic heterocycles. The van der Waals surface area contributed by atoms with Crippen LogP contribution in [0.1, 0.15) is 64.7 Å². The van der Waals surface area contributed by atoms with Crippen LogP contribution in [-0.4, -0.2) is 0 Å². The summed E-state index contributed by atoms with van der Waals surface area (Å²) < 4.78 is 0. The van der Waals surface area contributed by atoms with E-state index in [9.17, 15) is 0 Å². The van der Waals surface area contributed by atoms with E-state index in [1.807, 2.05) is 5.57 Å². The smallest absolute Gasteiger partial charge is 0.0172 e. The van der Waals surface area contributed by atoms with E-state index in [0.717, 1.165) is 23.7 Å². The maximum absolute atomic E-state index is 2.71. The molecule has 0 heteroatoms. The van der Waals surface area contributed by atoms with Crippen molar-refractivity contribution in [2.75, 3.05) is 0 Å². The third-order valence-electron chi connectivity index (χ3n) is 5.48. The third kappa shape index (κ3) is 1.75. The lowest BCUT2D eigenvalue weighted by Crippen LogP contribution is -2.45. The topological polar surface area (TPSA) is 0 Å². The molecule has 4 rings (SSSR count). The molecule has 0 N–H and O–H groups in total. The maximum Gasteiger partial charge on any atom is -0.0172 e. The van der Waals surface area contributed by atoms with Crippen molar-refractivity contribution in [2.24, 2.45) is 23.7 Å². The predicted octanol–water partition coefficient (Wildman–Crippen LogP) is 4.95. The summed E-state index contributed by atoms with van der Waals surface area (Å²) in [7, 11) is 0. The van der Waals surface area contributed by atoms with E-state index >= 15 is 0 Å². The van der Waals surface area contributed by atoms with Crippen molar-refractivity contribution in [1.29, 1.82) is 0 Å². The van der Waals surface area contributed by atoms with Gasteiger partial charge >= 0.3 is 0 Å². The Morgan fingerprint density at radius 1 is 1.00 bits per heavy atom. The molecule has 90 valence electrons. The molecule has 0 amide bonds. The van der Waals surface area contributed by atoms with E-state index < -0.39 is 0 Å². The van der Waals surface area contributed by atoms with Gasteiger partial charge in [0.1, 0.15) is 0 Å². The molecular weight excluding hydrogens is 192 g/mol. The Morgan fingerprint density at radius 2 is 1.88 bits per heavy atom. The highest BCUT2D eigenvalue weighted by Gasteiger charge is 2.48. The molecule has 4 aliphatic carbocycles. The van der Waals surface area contributed by atoms with Crippen molar-refractivity contribution < 1.29 is 0 Å². The molecule has 4 atom stereocenters. The molecule has 0 radical (unpaired) electrons. The van der Waals surface area contributed by atoms with Crippen molar-refractivity contribution in [3.63, 3.8) is 0 Å². The van der Waals surface area contributed by atoms with Gasteiger partial charge in [-0.15, -0.1) is 0 Å². The van der Waals surface area contributed by atoms with Gasteiger partial charge < -0.3 is 0 Å². The van der Waals surface area contributed by atoms with Crippen LogP contribution < -0.4 is 0 Å². The first-order valence-electron chi connectivity index (χ1n) is 7.60. The van der Waals surface area contributed by atoms with Gasteiger partial charge in [0.2, 0.25) is 0 Å². The van der Waals surface area contributed by atoms with Crippen LogP contribution in [0.15, 0.2) is 11.6 Å². The molecule has 0 saturated heterocycles. The van der Waals surface area contributed by atoms with E-state index in [1.165, 1.54) is 44.9 Å². The monoisotopic (exact) mass is 218 g/mol. The lowest BCUT2D eigenvalue weighted by molar-refractivity contribution is 0.0185. The average molecular weight is 218 g/mol. The Balaban J connectivity index is 1.57. The molecule has 0 spiro atoms. The van der Waals surface area contributed by atoms with E-state index in [1.54, 1.807) is 12.8 Å². The number of rotatable bonds is 5. The number of hydrogen-bond acceptors (Lipinski definition) is 0. The van der Waals surface area contributed by atoms with Crippen molar-refractivity contribution in [2.45, 2.75) is 64.7 Å². The molecule has 4 aliphatic rings. The second-order valence-corrected chi connectivity index (χ2v) is 6.30. The lowest BCUT2D eigenvalue weighted by Gasteiger charge is -2.54. The minimum Gasteiger partial charge on any atom is -0.0816 e. The highest BCUT2D eigenvalue weighted by atomic mass is 14.5. The number of allylic oxidation sites excluding steroid dienone is 2. The Labute approximate surface area is 101 Å². The van der Waals surface area contributed by atoms with Gasteiger partial charge in [-0.05, 0) is 62.2 Å². The summed E-state index contributed by atoms with van der Waals surface area (Å²) in [6, 6.07) is 0. The van der Waals surface area contributed by atoms with Crippen molar-refractivity contribution in [3.05, 3.63) is 11.6 Å². The van der Waals surface area contributed by atoms with E-state index in [0.29, 0.717) is 0 Å². The Kier molecular flexibility index (Phi) is 3.09. The molecule has 2 fully saturated rings. The van der Waals surface area contributed by atoms with Crippen molar-refractivity contribution in [1.82, 2.24) is 0 Å². The second-order valence-electron chi connectivity index (χ2n) is 6.30. The fraction of sp³-hybridized carbons (Fsp3) is 0.875. The van der Waals surface area contributed by atoms with E-state index in [2.05, 4.69) is 13.0 Å². The Bertz CT molecular complexity index is 276. The minimum atomic E-state index is 1.00. The SMILES string of the molecule is CCCCCCC1=C[C@H]2CC[C@@H]1[C@@H]1CC[C@@H]12. The zero-order valence-electron chi connectivity index (χ0n) is 10.8. The molecule has 16 heavy (non-hydrogen) atoms. The summed E-state index contributed by atoms with van der Waals surface area (Å²) >= 11 is 0. The predicted molar refractivity (Wildman–Crippen MR) is 69.3 cm³/mol. The normalized spacial score (nSPS) is 40.2. The van der Waals surface area contributed by atoms with E-state index in [4.69, 9.17) is 0 Å². The molecule has 0 aromatic rings. The van der Waals surface area contributed by atoms with Crippen LogP contribution in [0.4, 0.5) is 0 Å². The zero-order valence-corrected chi connectivity index (χ0v) is 10.8. The molecular formula is C16H26. The standard InChI is InChI=1S/C16H26/c1-2-3-4-5-6-12-11-13-7-8-14(12)16-10-9-15(13)16/h11,13-16H,2-10H2,1H3/t13-,14+,15-,16+/m1/s1. The van der Waals surface area contributed by atoms with Gasteiger partial charge in [-0.1, -0.05) is 37.8 Å². The number of fused-ring (bicyclic) bond motifs is 1. The first-order valence-corrected chi connectivity index (χ1v) is 7.60. The highest BCUT2D eigenvalue weighted by molar-refractivity contribution is 5.22. The quantitative estimate of drug-likeness (QED) is 0.452. The number of hydrogen-bond donors (Lipinski definition) is 0. The van der Waals surface area contributed by atoms with Crippen molar-refractivity contribution >= 4 is 0 Å². The van der Waals surface area contributed by atoms with Gasteiger partial charge in [0.05, 0.1) is 0 Å². The summed E-state index contributed by atoms with van der Waals surface area (Å²) in [5.74, 6) is 4.29. The van der Waals surface area contributed by atoms with Crippen LogP contribution in [0.25, 0.3) is 0 Å². The zero-order chi connectivity index (χ0) is 11.0. The molecule has 0 aliphatic heterocycles. The largest absolute Gasteiger partial charge is 0.0816 e. The van der Waals surface area contributed by atoms with Crippen LogP contribution in [0.5, 0.6) is 0 Å². The van der Waals surface area contributed by atoms with Gasteiger partial charge in [-0.2, -0.15) is 0 Å². The Morgan fingerprint density at radius 3 is 2.56 bits per heavy atom. The number of unbranched alkanes of at least 4 members (excludes halogenated alkanes) is 3. The fourth-order valence-corrected chi connectivity index (χ4v) is 4.47. The van der Waals surface area contributed by atoms with Gasteiger partial charge in [-0.25, -0.2) is 0 Å². The van der Waals surface area contributed by atoms with Gasteiger partial charge in [0, 0.05) is 0 Å². The third-order valence-corrected chi connectivity index (χ3v) is 5.48. The first-order chi connectivity index (χ1) is 7.90. The Hall–Kier alpha value is -0.260. The highest BCUT2D eigenvalue weighted by Crippen LogP contribution is 2.58. The molecule has 0 unspecified atom stereocenters. The van der Waals surface area contributed by atoms with Crippen LogP contribution in [0.3, 0.4) is 0 Å². The second kappa shape index (κ2) is 4.55. The summed E-state index contributed by atoms with van der Waals surface area (Å²) in [6.07, 6.45) is 16.0. The molecule has 0 aromatic carbocycles. The van der Waals surface area contributed by atoms with Crippen molar-refractivity contribution in [3.8, 4) is 0 Å². The van der Waals surface area contributed by atoms with Gasteiger partial charge in [-0.3, -0.25) is 0 Å². The summed E-state index contributed by atoms with van der Waals surface area (Å²) in [6.45, 7) is 2.31. The lowest BCUT2D eigenvalue weighted by atomic mass is 9.51. The molecule has 2 bridgehead atoms. The summed E-state index contributed by atoms with van der Waals surface area (Å²) in [5, 5.41) is 0. The first kappa shape index (κ1) is 10.9. The molecule has 2 saturated carbocycles. The van der Waals surface area contributed by atoms with Crippen LogP contribution >= 0.6 is 0 Å². The fourth-order valence-electron chi connectivity index (χ4n) is 4.47. The minimum absolute atomic E-state index is 1.00. The molecule has 0 nitrogen and oxygen atoms in total. The van der Waals surface area contributed by atoms with E-state index in [-0.39, 0.29) is 0 Å². The maximum atomic E-state index is 2.71. The summed E-state index contributed by atoms with van der Waals surface area (Å²) in [4.78, 5) is 0. The molecule has 0 heterocycles. The van der Waals surface area contributed by atoms with Gasteiger partial charge in [0.15, 0.2) is 0 Å². The van der Waals surface area contributed by atoms with Gasteiger partial charge in [0.25, 0.3) is 0 Å². The van der Waals surface area contributed by atoms with Crippen LogP contribution in [-0.2, 0) is 0 Å². The summed E-state index contributed by atoms with van der Waals surface area (Å²) in [5.41, 5.74) is 1.88. The average Bonchev–Trinajstić information content (AvgIpc) is 2.24. The van der Waals surface area contributed by atoms with Crippen LogP contribution in [0, 0.1) is 23.7 Å². The van der Waals surface area contributed by atoms with Crippen LogP contribution in [0.2, 0.25) is 0 Å².